The zero-order valence-corrected chi connectivity index (χ0v) is 9.00. The van der Waals surface area contributed by atoms with Gasteiger partial charge >= 0.3 is 0 Å². The number of aliphatic hydroxyl groups is 1. The highest BCUT2D eigenvalue weighted by molar-refractivity contribution is 5.93. The highest BCUT2D eigenvalue weighted by Gasteiger charge is 2.18. The molecule has 1 heterocycles. The van der Waals surface area contributed by atoms with Gasteiger partial charge in [-0.15, -0.1) is 0 Å². The molecule has 0 aliphatic rings. The van der Waals surface area contributed by atoms with Gasteiger partial charge in [0.25, 0.3) is 5.91 Å². The normalized spacial score (nSPS) is 11.4. The van der Waals surface area contributed by atoms with Gasteiger partial charge < -0.3 is 21.1 Å². The zero-order chi connectivity index (χ0) is 11.5. The van der Waals surface area contributed by atoms with E-state index in [4.69, 9.17) is 10.8 Å². The molecule has 0 spiro atoms. The third-order valence-electron chi connectivity index (χ3n) is 2.11. The van der Waals surface area contributed by atoms with Crippen LogP contribution in [0.3, 0.4) is 0 Å². The third kappa shape index (κ3) is 3.28. The zero-order valence-electron chi connectivity index (χ0n) is 9.00. The van der Waals surface area contributed by atoms with E-state index in [1.165, 1.54) is 0 Å². The van der Waals surface area contributed by atoms with Crippen molar-refractivity contribution in [3.63, 3.8) is 0 Å². The van der Waals surface area contributed by atoms with E-state index in [1.807, 2.05) is 13.8 Å². The average molecular weight is 211 g/mol. The molecule has 1 amide bonds. The predicted octanol–water partition coefficient (Wildman–Crippen LogP) is 0.345. The van der Waals surface area contributed by atoms with Gasteiger partial charge in [-0.2, -0.15) is 0 Å². The van der Waals surface area contributed by atoms with Gasteiger partial charge in [0, 0.05) is 30.5 Å². The molecule has 5 nitrogen and oxygen atoms in total. The lowest BCUT2D eigenvalue weighted by Gasteiger charge is -2.21. The van der Waals surface area contributed by atoms with E-state index in [9.17, 15) is 4.79 Å². The average Bonchev–Trinajstić information content (AvgIpc) is 2.61. The molecule has 0 aliphatic carbocycles. The molecule has 5 heteroatoms. The number of H-pyrrole nitrogens is 1. The Morgan fingerprint density at radius 3 is 2.80 bits per heavy atom. The summed E-state index contributed by atoms with van der Waals surface area (Å²) >= 11 is 0. The van der Waals surface area contributed by atoms with E-state index in [2.05, 4.69) is 10.3 Å². The van der Waals surface area contributed by atoms with Gasteiger partial charge in [-0.05, 0) is 6.07 Å². The Bertz CT molecular complexity index is 344. The van der Waals surface area contributed by atoms with Gasteiger partial charge in [0.2, 0.25) is 0 Å². The fourth-order valence-electron chi connectivity index (χ4n) is 1.01. The fraction of sp³-hybridized carbons (Fsp3) is 0.500. The summed E-state index contributed by atoms with van der Waals surface area (Å²) in [5, 5.41) is 11.7. The second kappa shape index (κ2) is 4.35. The van der Waals surface area contributed by atoms with E-state index in [1.54, 1.807) is 12.3 Å². The van der Waals surface area contributed by atoms with Gasteiger partial charge in [0.05, 0.1) is 0 Å². The van der Waals surface area contributed by atoms with Crippen molar-refractivity contribution in [1.82, 2.24) is 10.3 Å². The number of hydrogen-bond acceptors (Lipinski definition) is 3. The molecule has 0 saturated heterocycles. The molecular weight excluding hydrogens is 194 g/mol. The molecule has 0 atom stereocenters. The molecule has 0 aliphatic heterocycles. The van der Waals surface area contributed by atoms with Crippen LogP contribution >= 0.6 is 0 Å². The maximum absolute atomic E-state index is 11.5. The maximum atomic E-state index is 11.5. The largest absolute Gasteiger partial charge is 0.397 e. The number of aliphatic hydroxyl groups excluding tert-OH is 1. The summed E-state index contributed by atoms with van der Waals surface area (Å²) in [6.45, 7) is 4.19. The smallest absolute Gasteiger partial charge is 0.267 e. The van der Waals surface area contributed by atoms with Crippen LogP contribution < -0.4 is 11.1 Å². The second-order valence-electron chi connectivity index (χ2n) is 4.35. The molecule has 0 aromatic carbocycles. The fourth-order valence-corrected chi connectivity index (χ4v) is 1.01. The molecule has 15 heavy (non-hydrogen) atoms. The predicted molar refractivity (Wildman–Crippen MR) is 58.4 cm³/mol. The molecule has 1 aromatic heterocycles. The third-order valence-corrected chi connectivity index (χ3v) is 2.11. The van der Waals surface area contributed by atoms with Crippen LogP contribution in [-0.2, 0) is 0 Å². The lowest BCUT2D eigenvalue weighted by Crippen LogP contribution is -2.36. The standard InChI is InChI=1S/C10H17N3O2/c1-10(2,6-14)5-13-9(15)8-3-7(11)4-12-8/h3-4,12,14H,5-6,11H2,1-2H3,(H,13,15). The van der Waals surface area contributed by atoms with Crippen molar-refractivity contribution < 1.29 is 9.90 Å². The lowest BCUT2D eigenvalue weighted by atomic mass is 9.95. The van der Waals surface area contributed by atoms with Crippen LogP contribution in [-0.4, -0.2) is 29.1 Å². The molecule has 1 aromatic rings. The van der Waals surface area contributed by atoms with Gasteiger partial charge in [0.1, 0.15) is 5.69 Å². The minimum Gasteiger partial charge on any atom is -0.397 e. The molecular formula is C10H17N3O2. The summed E-state index contributed by atoms with van der Waals surface area (Å²) in [7, 11) is 0. The topological polar surface area (TPSA) is 91.1 Å². The molecule has 5 N–H and O–H groups in total. The Morgan fingerprint density at radius 1 is 1.67 bits per heavy atom. The quantitative estimate of drug-likeness (QED) is 0.579. The number of hydrogen-bond donors (Lipinski definition) is 4. The van der Waals surface area contributed by atoms with Crippen LogP contribution in [0.4, 0.5) is 5.69 Å². The van der Waals surface area contributed by atoms with Crippen LogP contribution in [0, 0.1) is 5.41 Å². The van der Waals surface area contributed by atoms with Crippen molar-refractivity contribution in [1.29, 1.82) is 0 Å². The summed E-state index contributed by atoms with van der Waals surface area (Å²) in [6.07, 6.45) is 1.56. The van der Waals surface area contributed by atoms with Crippen molar-refractivity contribution in [3.8, 4) is 0 Å². The van der Waals surface area contributed by atoms with Gasteiger partial charge in [-0.3, -0.25) is 4.79 Å². The van der Waals surface area contributed by atoms with Gasteiger partial charge in [0.15, 0.2) is 0 Å². The van der Waals surface area contributed by atoms with Crippen LogP contribution in [0.15, 0.2) is 12.3 Å². The lowest BCUT2D eigenvalue weighted by molar-refractivity contribution is 0.0907. The summed E-state index contributed by atoms with van der Waals surface area (Å²) in [4.78, 5) is 14.3. The Labute approximate surface area is 88.7 Å². The minimum atomic E-state index is -0.312. The van der Waals surface area contributed by atoms with Gasteiger partial charge in [-0.25, -0.2) is 0 Å². The Morgan fingerprint density at radius 2 is 2.33 bits per heavy atom. The Balaban J connectivity index is 2.50. The SMILES string of the molecule is CC(C)(CO)CNC(=O)c1cc(N)c[nH]1. The van der Waals surface area contributed by atoms with E-state index in [0.717, 1.165) is 0 Å². The first kappa shape index (κ1) is 11.6. The van der Waals surface area contributed by atoms with E-state index < -0.39 is 0 Å². The van der Waals surface area contributed by atoms with E-state index >= 15 is 0 Å². The number of rotatable bonds is 4. The highest BCUT2D eigenvalue weighted by atomic mass is 16.3. The van der Waals surface area contributed by atoms with Gasteiger partial charge in [-0.1, -0.05) is 13.8 Å². The highest BCUT2D eigenvalue weighted by Crippen LogP contribution is 2.12. The number of nitrogens with two attached hydrogens (primary N) is 1. The van der Waals surface area contributed by atoms with Crippen LogP contribution in [0.2, 0.25) is 0 Å². The summed E-state index contributed by atoms with van der Waals surface area (Å²) in [5.74, 6) is -0.215. The number of carbonyl (C=O) groups is 1. The number of carbonyl (C=O) groups excluding carboxylic acids is 1. The van der Waals surface area contributed by atoms with Crippen LogP contribution in [0.5, 0.6) is 0 Å². The number of anilines is 1. The van der Waals surface area contributed by atoms with Crippen molar-refractivity contribution >= 4 is 11.6 Å². The molecule has 0 unspecified atom stereocenters. The maximum Gasteiger partial charge on any atom is 0.267 e. The molecule has 1 rings (SSSR count). The monoisotopic (exact) mass is 211 g/mol. The molecule has 0 fully saturated rings. The molecule has 0 radical (unpaired) electrons. The Kier molecular flexibility index (Phi) is 3.36. The van der Waals surface area contributed by atoms with Crippen molar-refractivity contribution in [2.75, 3.05) is 18.9 Å². The first-order chi connectivity index (χ1) is 6.94. The Hall–Kier alpha value is -1.49. The van der Waals surface area contributed by atoms with Crippen molar-refractivity contribution in [2.45, 2.75) is 13.8 Å². The summed E-state index contributed by atoms with van der Waals surface area (Å²) < 4.78 is 0. The van der Waals surface area contributed by atoms with Crippen molar-refractivity contribution in [3.05, 3.63) is 18.0 Å². The number of nitrogen functional groups attached to an aromatic ring is 1. The van der Waals surface area contributed by atoms with Crippen molar-refractivity contribution in [2.24, 2.45) is 5.41 Å². The van der Waals surface area contributed by atoms with Crippen LogP contribution in [0.1, 0.15) is 24.3 Å². The number of nitrogens with one attached hydrogen (secondary N) is 2. The summed E-state index contributed by atoms with van der Waals surface area (Å²) in [5.41, 5.74) is 6.12. The first-order valence-corrected chi connectivity index (χ1v) is 4.77. The van der Waals surface area contributed by atoms with E-state index in [-0.39, 0.29) is 17.9 Å². The number of aromatic amines is 1. The van der Waals surface area contributed by atoms with Crippen LogP contribution in [0.25, 0.3) is 0 Å². The van der Waals surface area contributed by atoms with E-state index in [0.29, 0.717) is 17.9 Å². The minimum absolute atomic E-state index is 0.0279. The molecule has 0 saturated carbocycles. The number of amides is 1. The first-order valence-electron chi connectivity index (χ1n) is 4.77. The molecule has 0 bridgehead atoms. The second-order valence-corrected chi connectivity index (χ2v) is 4.35. The number of aromatic nitrogens is 1. The summed E-state index contributed by atoms with van der Waals surface area (Å²) in [6, 6.07) is 1.57. The molecule has 84 valence electrons.